The number of aliphatic hydroxyl groups is 1. The van der Waals surface area contributed by atoms with Gasteiger partial charge in [-0.15, -0.1) is 11.3 Å². The monoisotopic (exact) mass is 561 g/mol. The van der Waals surface area contributed by atoms with E-state index in [1.54, 1.807) is 35.6 Å². The number of hydrogen-bond acceptors (Lipinski definition) is 9. The van der Waals surface area contributed by atoms with Gasteiger partial charge in [-0.3, -0.25) is 0 Å². The maximum Gasteiger partial charge on any atom is 0.146 e. The average molecular weight is 562 g/mol. The van der Waals surface area contributed by atoms with Crippen molar-refractivity contribution in [2.24, 2.45) is 0 Å². The van der Waals surface area contributed by atoms with Crippen LogP contribution in [0.5, 0.6) is 5.75 Å². The van der Waals surface area contributed by atoms with Crippen molar-refractivity contribution in [1.29, 1.82) is 10.5 Å². The second-order valence-electron chi connectivity index (χ2n) is 8.08. The number of nitriles is 2. The third-order valence-electron chi connectivity index (χ3n) is 5.43. The second-order valence-corrected chi connectivity index (χ2v) is 10.3. The summed E-state index contributed by atoms with van der Waals surface area (Å²) >= 11 is 8.97. The van der Waals surface area contributed by atoms with E-state index in [-0.39, 0.29) is 13.2 Å². The molecule has 2 heterocycles. The molecule has 0 saturated heterocycles. The molecule has 0 amide bonds. The van der Waals surface area contributed by atoms with Gasteiger partial charge < -0.3 is 15.2 Å². The summed E-state index contributed by atoms with van der Waals surface area (Å²) < 4.78 is 5.47. The molecule has 0 spiro atoms. The molecule has 0 aliphatic rings. The molecule has 2 aromatic heterocycles. The number of thiazole rings is 1. The molecule has 0 aliphatic heterocycles. The Morgan fingerprint density at radius 1 is 1.03 bits per heavy atom. The highest BCUT2D eigenvalue weighted by Crippen LogP contribution is 2.38. The molecule has 38 heavy (non-hydrogen) atoms. The molecular weight excluding hydrogens is 538 g/mol. The van der Waals surface area contributed by atoms with Gasteiger partial charge in [0.1, 0.15) is 45.9 Å². The van der Waals surface area contributed by atoms with E-state index in [4.69, 9.17) is 31.4 Å². The molecule has 7 nitrogen and oxygen atoms in total. The van der Waals surface area contributed by atoms with Crippen LogP contribution in [0.2, 0.25) is 5.02 Å². The van der Waals surface area contributed by atoms with Crippen LogP contribution < -0.4 is 10.1 Å². The number of nitrogens with one attached hydrogen (secondary N) is 1. The first-order valence-corrected chi connectivity index (χ1v) is 14.1. The summed E-state index contributed by atoms with van der Waals surface area (Å²) in [7, 11) is 0. The minimum absolute atomic E-state index is 0.0868. The average Bonchev–Trinajstić information content (AvgIpc) is 3.43. The van der Waals surface area contributed by atoms with Crippen molar-refractivity contribution in [2.75, 3.05) is 25.1 Å². The molecule has 0 bridgehead atoms. The Morgan fingerprint density at radius 3 is 2.39 bits per heavy atom. The maximum absolute atomic E-state index is 10.2. The lowest BCUT2D eigenvalue weighted by atomic mass is 9.96. The number of hydrogen-bond donors (Lipinski definition) is 2. The highest BCUT2D eigenvalue weighted by molar-refractivity contribution is 7.98. The zero-order chi connectivity index (χ0) is 26.9. The Bertz CT molecular complexity index is 1480. The summed E-state index contributed by atoms with van der Waals surface area (Å²) in [5, 5.41) is 36.6. The third kappa shape index (κ3) is 6.45. The summed E-state index contributed by atoms with van der Waals surface area (Å²) in [5.74, 6) is 1.55. The van der Waals surface area contributed by atoms with Crippen LogP contribution in [0.15, 0.2) is 58.9 Å². The molecule has 2 aromatic carbocycles. The van der Waals surface area contributed by atoms with Crippen molar-refractivity contribution in [1.82, 2.24) is 9.97 Å². The number of halogens is 1. The topological polar surface area (TPSA) is 115 Å². The van der Waals surface area contributed by atoms with Crippen molar-refractivity contribution < 1.29 is 9.84 Å². The number of thioether (sulfide) groups is 1. The Hall–Kier alpha value is -3.60. The number of aromatic nitrogens is 2. The summed E-state index contributed by atoms with van der Waals surface area (Å²) in [6, 6.07) is 19.2. The number of ether oxygens (including phenoxy) is 1. The van der Waals surface area contributed by atoms with Crippen LogP contribution in [0.3, 0.4) is 0 Å². The summed E-state index contributed by atoms with van der Waals surface area (Å²) in [4.78, 5) is 9.45. The van der Waals surface area contributed by atoms with Crippen LogP contribution in [0, 0.1) is 22.7 Å². The zero-order valence-electron chi connectivity index (χ0n) is 20.6. The minimum Gasteiger partial charge on any atom is -0.491 e. The summed E-state index contributed by atoms with van der Waals surface area (Å²) in [6.45, 7) is 2.77. The molecule has 0 unspecified atom stereocenters. The lowest BCUT2D eigenvalue weighted by Crippen LogP contribution is -2.08. The van der Waals surface area contributed by atoms with Crippen molar-refractivity contribution >= 4 is 40.5 Å². The molecule has 0 atom stereocenters. The van der Waals surface area contributed by atoms with E-state index in [1.165, 1.54) is 11.8 Å². The molecule has 0 saturated carbocycles. The Kier molecular flexibility index (Phi) is 9.58. The van der Waals surface area contributed by atoms with Crippen LogP contribution in [0.1, 0.15) is 30.2 Å². The van der Waals surface area contributed by atoms with Crippen LogP contribution in [-0.4, -0.2) is 34.8 Å². The molecule has 0 aliphatic carbocycles. The summed E-state index contributed by atoms with van der Waals surface area (Å²) in [6.07, 6.45) is 0.855. The molecule has 0 radical (unpaired) electrons. The van der Waals surface area contributed by atoms with E-state index in [0.29, 0.717) is 56.2 Å². The molecule has 4 rings (SSSR count). The largest absolute Gasteiger partial charge is 0.491 e. The smallest absolute Gasteiger partial charge is 0.146 e. The van der Waals surface area contributed by atoms with Gasteiger partial charge in [0.15, 0.2) is 0 Å². The van der Waals surface area contributed by atoms with Crippen LogP contribution >= 0.6 is 34.7 Å². The maximum atomic E-state index is 10.2. The quantitative estimate of drug-likeness (QED) is 0.193. The number of anilines is 1. The minimum atomic E-state index is -0.0868. The number of rotatable bonds is 11. The van der Waals surface area contributed by atoms with Crippen molar-refractivity contribution in [3.05, 3.63) is 75.8 Å². The fourth-order valence-corrected chi connectivity index (χ4v) is 5.60. The van der Waals surface area contributed by atoms with E-state index in [1.807, 2.05) is 36.6 Å². The number of benzene rings is 2. The highest BCUT2D eigenvalue weighted by atomic mass is 35.5. The van der Waals surface area contributed by atoms with E-state index < -0.39 is 0 Å². The first kappa shape index (κ1) is 27.4. The number of pyridine rings is 1. The molecule has 2 N–H and O–H groups in total. The van der Waals surface area contributed by atoms with E-state index in [0.717, 1.165) is 22.7 Å². The molecule has 10 heteroatoms. The van der Waals surface area contributed by atoms with Gasteiger partial charge in [0.05, 0.1) is 17.9 Å². The fourth-order valence-electron chi connectivity index (χ4n) is 3.66. The molecule has 192 valence electrons. The van der Waals surface area contributed by atoms with Gasteiger partial charge in [0.25, 0.3) is 0 Å². The van der Waals surface area contributed by atoms with Gasteiger partial charge in [0.2, 0.25) is 0 Å². The van der Waals surface area contributed by atoms with Gasteiger partial charge in [-0.1, -0.05) is 54.6 Å². The normalized spacial score (nSPS) is 10.6. The fraction of sp³-hybridized carbons (Fsp3) is 0.214. The highest BCUT2D eigenvalue weighted by Gasteiger charge is 2.22. The lowest BCUT2D eigenvalue weighted by molar-refractivity contribution is 0.201. The van der Waals surface area contributed by atoms with Crippen LogP contribution in [0.4, 0.5) is 5.82 Å². The molecule has 0 fully saturated rings. The summed E-state index contributed by atoms with van der Waals surface area (Å²) in [5.41, 5.74) is 3.75. The predicted molar refractivity (Wildman–Crippen MR) is 153 cm³/mol. The molecule has 4 aromatic rings. The SMILES string of the molecule is CCCNc1nc(SCc2csc(-c3ccc(Cl)cc3)n2)c(C#N)c(-c2ccc(OCCO)cc2)c1C#N. The van der Waals surface area contributed by atoms with Crippen molar-refractivity contribution in [3.8, 4) is 39.6 Å². The second kappa shape index (κ2) is 13.3. The third-order valence-corrected chi connectivity index (χ3v) is 7.63. The Labute approximate surface area is 234 Å². The Balaban J connectivity index is 1.69. The zero-order valence-corrected chi connectivity index (χ0v) is 23.0. The van der Waals surface area contributed by atoms with Gasteiger partial charge in [-0.25, -0.2) is 9.97 Å². The van der Waals surface area contributed by atoms with E-state index in [2.05, 4.69) is 17.5 Å². The van der Waals surface area contributed by atoms with Crippen molar-refractivity contribution in [3.63, 3.8) is 0 Å². The van der Waals surface area contributed by atoms with E-state index >= 15 is 0 Å². The van der Waals surface area contributed by atoms with Crippen molar-refractivity contribution in [2.45, 2.75) is 24.1 Å². The van der Waals surface area contributed by atoms with Gasteiger partial charge >= 0.3 is 0 Å². The van der Waals surface area contributed by atoms with E-state index in [9.17, 15) is 10.5 Å². The van der Waals surface area contributed by atoms with Gasteiger partial charge in [0, 0.05) is 33.8 Å². The molecular formula is C28H24ClN5O2S2. The predicted octanol–water partition coefficient (Wildman–Crippen LogP) is 6.75. The lowest BCUT2D eigenvalue weighted by Gasteiger charge is -2.16. The first-order chi connectivity index (χ1) is 18.6. The first-order valence-electron chi connectivity index (χ1n) is 11.9. The van der Waals surface area contributed by atoms with Crippen LogP contribution in [-0.2, 0) is 5.75 Å². The Morgan fingerprint density at radius 2 is 1.74 bits per heavy atom. The van der Waals surface area contributed by atoms with Gasteiger partial charge in [-0.05, 0) is 36.2 Å². The number of nitrogens with zero attached hydrogens (tertiary/aromatic N) is 4. The number of aliphatic hydroxyl groups excluding tert-OH is 1. The standard InChI is InChI=1S/C28H24ClN5O2S2/c1-2-11-32-26-23(14-30)25(18-5-9-22(10-6-18)36-13-12-35)24(15-31)28(34-26)38-17-21-16-37-27(33-21)19-3-7-20(29)8-4-19/h3-10,16,35H,2,11-13,17H2,1H3,(H,32,34). The van der Waals surface area contributed by atoms with Gasteiger partial charge in [-0.2, -0.15) is 10.5 Å². The van der Waals surface area contributed by atoms with Crippen LogP contribution in [0.25, 0.3) is 21.7 Å².